The Bertz CT molecular complexity index is 676. The topological polar surface area (TPSA) is 79.6 Å². The van der Waals surface area contributed by atoms with E-state index in [-0.39, 0.29) is 50.2 Å². The van der Waals surface area contributed by atoms with E-state index in [4.69, 9.17) is 12.2 Å². The maximum absolute atomic E-state index is 10.7. The number of nitrogens with one attached hydrogen (secondary N) is 2. The van der Waals surface area contributed by atoms with E-state index in [1.807, 2.05) is 0 Å². The Morgan fingerprint density at radius 2 is 1.78 bits per heavy atom. The Labute approximate surface area is 193 Å². The Morgan fingerprint density at radius 3 is 2.30 bits per heavy atom. The van der Waals surface area contributed by atoms with Crippen molar-refractivity contribution in [3.63, 3.8) is 0 Å². The van der Waals surface area contributed by atoms with Crippen LogP contribution in [0.3, 0.4) is 0 Å². The molecular weight excluding hydrogens is 522 g/mol. The number of rotatable bonds is 4. The van der Waals surface area contributed by atoms with Gasteiger partial charge in [0.05, 0.1) is 16.0 Å². The summed E-state index contributed by atoms with van der Waals surface area (Å²) in [5.74, 6) is 3.40. The van der Waals surface area contributed by atoms with Gasteiger partial charge in [-0.2, -0.15) is 5.10 Å². The predicted molar refractivity (Wildman–Crippen MR) is 98.3 cm³/mol. The van der Waals surface area contributed by atoms with Crippen molar-refractivity contribution in [2.24, 2.45) is 28.8 Å². The van der Waals surface area contributed by atoms with Crippen LogP contribution in [0.2, 0.25) is 0 Å². The monoisotopic (exact) mass is 540 g/mol. The zero-order chi connectivity index (χ0) is 16.7. The molecule has 0 radical (unpaired) electrons. The molecular formula is C16H20Cl2N4O2PdS2. The molecule has 0 unspecified atom stereocenters. The van der Waals surface area contributed by atoms with E-state index in [2.05, 4.69) is 15.8 Å². The van der Waals surface area contributed by atoms with Gasteiger partial charge in [0.15, 0.2) is 5.11 Å². The average Bonchev–Trinajstić information content (AvgIpc) is 2.99. The maximum Gasteiger partial charge on any atom is 2.00 e. The zero-order valence-electron chi connectivity index (χ0n) is 14.3. The molecule has 27 heavy (non-hydrogen) atoms. The minimum Gasteiger partial charge on any atom is -1.00 e. The van der Waals surface area contributed by atoms with E-state index in [1.165, 1.54) is 38.2 Å². The Kier molecular flexibility index (Phi) is 9.59. The van der Waals surface area contributed by atoms with E-state index in [0.717, 1.165) is 39.9 Å². The van der Waals surface area contributed by atoms with Crippen LogP contribution in [0.1, 0.15) is 37.0 Å². The number of thiophene rings is 1. The van der Waals surface area contributed by atoms with Crippen LogP contribution in [0.25, 0.3) is 0 Å². The van der Waals surface area contributed by atoms with Gasteiger partial charge < -0.3 is 30.1 Å². The first-order valence-electron chi connectivity index (χ1n) is 8.42. The van der Waals surface area contributed by atoms with Crippen LogP contribution in [0.15, 0.2) is 17.2 Å². The molecule has 0 saturated heterocycles. The summed E-state index contributed by atoms with van der Waals surface area (Å²) in [6.45, 7) is 0. The molecule has 4 saturated carbocycles. The molecule has 6 nitrogen and oxygen atoms in total. The third-order valence-electron chi connectivity index (χ3n) is 5.67. The number of nitrogens with zero attached hydrogens (tertiary/aromatic N) is 2. The van der Waals surface area contributed by atoms with Crippen molar-refractivity contribution in [2.45, 2.75) is 38.1 Å². The normalized spacial score (nSPS) is 30.0. The molecule has 5 rings (SSSR count). The minimum absolute atomic E-state index is 0. The molecule has 4 aliphatic carbocycles. The largest absolute Gasteiger partial charge is 2.00 e. The average molecular weight is 542 g/mol. The SMILES string of the molecule is O=[N+]([O-])c1ccc(/C=N/NC(=S)NC2C3CC4CC(C3)CC2C4)s1.[Cl-].[Cl-].[Pd+2]. The number of thiocarbonyl (C=S) groups is 1. The van der Waals surface area contributed by atoms with Gasteiger partial charge in [0.1, 0.15) is 0 Å². The second-order valence-corrected chi connectivity index (χ2v) is 8.74. The predicted octanol–water partition coefficient (Wildman–Crippen LogP) is -2.72. The van der Waals surface area contributed by atoms with Crippen molar-refractivity contribution in [3.05, 3.63) is 27.1 Å². The van der Waals surface area contributed by atoms with E-state index in [1.54, 1.807) is 12.3 Å². The van der Waals surface area contributed by atoms with Crippen molar-refractivity contribution in [3.8, 4) is 0 Å². The molecule has 0 atom stereocenters. The van der Waals surface area contributed by atoms with Crippen molar-refractivity contribution in [1.82, 2.24) is 10.7 Å². The smallest absolute Gasteiger partial charge is 1.00 e. The van der Waals surface area contributed by atoms with Gasteiger partial charge in [0.25, 0.3) is 0 Å². The molecule has 1 aromatic rings. The molecule has 0 amide bonds. The van der Waals surface area contributed by atoms with Crippen LogP contribution < -0.4 is 35.6 Å². The van der Waals surface area contributed by atoms with Gasteiger partial charge in [-0.25, -0.2) is 0 Å². The number of hydrogen-bond donors (Lipinski definition) is 2. The first kappa shape index (κ1) is 24.7. The quantitative estimate of drug-likeness (QED) is 0.143. The summed E-state index contributed by atoms with van der Waals surface area (Å²) < 4.78 is 0. The van der Waals surface area contributed by atoms with Crippen molar-refractivity contribution in [2.75, 3.05) is 0 Å². The number of halogens is 2. The fourth-order valence-electron chi connectivity index (χ4n) is 5.01. The molecule has 4 aliphatic rings. The number of hydrazone groups is 1. The molecule has 1 heterocycles. The van der Waals surface area contributed by atoms with Crippen LogP contribution in [0, 0.1) is 33.8 Å². The van der Waals surface area contributed by atoms with Crippen molar-refractivity contribution >= 4 is 39.9 Å². The molecule has 4 bridgehead atoms. The summed E-state index contributed by atoms with van der Waals surface area (Å²) in [5, 5.41) is 18.9. The standard InChI is InChI=1S/C16H20N4O2S2.2ClH.Pd/c21-20(22)14-2-1-13(24-14)8-17-19-16(23)18-15-11-4-9-3-10(6-11)7-12(15)5-9;;;/h1-2,8-12,15H,3-7H2,(H2,18,19,23);2*1H;/q;;;+2/p-2/b17-8+;;;. The first-order chi connectivity index (χ1) is 11.6. The maximum atomic E-state index is 10.7. The minimum atomic E-state index is -0.395. The van der Waals surface area contributed by atoms with Gasteiger partial charge in [0, 0.05) is 12.1 Å². The summed E-state index contributed by atoms with van der Waals surface area (Å²) >= 11 is 6.47. The summed E-state index contributed by atoms with van der Waals surface area (Å²) in [7, 11) is 0. The summed E-state index contributed by atoms with van der Waals surface area (Å²) in [6, 6.07) is 3.65. The van der Waals surface area contributed by atoms with Crippen LogP contribution in [0.4, 0.5) is 5.00 Å². The molecule has 0 spiro atoms. The van der Waals surface area contributed by atoms with Gasteiger partial charge in [-0.3, -0.25) is 15.5 Å². The van der Waals surface area contributed by atoms with Crippen LogP contribution in [0.5, 0.6) is 0 Å². The second-order valence-electron chi connectivity index (χ2n) is 7.23. The Morgan fingerprint density at radius 1 is 1.19 bits per heavy atom. The Balaban J connectivity index is 0.00000121. The fraction of sp³-hybridized carbons (Fsp3) is 0.625. The van der Waals surface area contributed by atoms with Crippen molar-refractivity contribution in [1.29, 1.82) is 0 Å². The van der Waals surface area contributed by atoms with Gasteiger partial charge in [-0.15, -0.1) is 0 Å². The van der Waals surface area contributed by atoms with E-state index >= 15 is 0 Å². The second kappa shape index (κ2) is 10.5. The van der Waals surface area contributed by atoms with Crippen LogP contribution >= 0.6 is 23.6 Å². The number of hydrogen-bond acceptors (Lipinski definition) is 5. The van der Waals surface area contributed by atoms with Crippen molar-refractivity contribution < 1.29 is 50.2 Å². The molecule has 4 fully saturated rings. The van der Waals surface area contributed by atoms with Crippen LogP contribution in [-0.4, -0.2) is 22.3 Å². The van der Waals surface area contributed by atoms with E-state index < -0.39 is 4.92 Å². The van der Waals surface area contributed by atoms with Gasteiger partial charge in [-0.1, -0.05) is 11.3 Å². The third kappa shape index (κ3) is 5.62. The molecule has 2 N–H and O–H groups in total. The molecule has 0 aliphatic heterocycles. The first-order valence-corrected chi connectivity index (χ1v) is 9.64. The third-order valence-corrected chi connectivity index (χ3v) is 6.86. The fourth-order valence-corrected chi connectivity index (χ4v) is 5.89. The Hall–Kier alpha value is -0.298. The van der Waals surface area contributed by atoms with E-state index in [0.29, 0.717) is 11.2 Å². The molecule has 11 heteroatoms. The molecule has 0 aromatic carbocycles. The summed E-state index contributed by atoms with van der Waals surface area (Å²) in [6.07, 6.45) is 8.39. The molecule has 1 aromatic heterocycles. The van der Waals surface area contributed by atoms with Gasteiger partial charge >= 0.3 is 25.4 Å². The van der Waals surface area contributed by atoms with E-state index in [9.17, 15) is 10.1 Å². The summed E-state index contributed by atoms with van der Waals surface area (Å²) in [5.41, 5.74) is 2.86. The molecule has 152 valence electrons. The van der Waals surface area contributed by atoms with Crippen LogP contribution in [-0.2, 0) is 20.4 Å². The van der Waals surface area contributed by atoms with Gasteiger partial charge in [-0.05, 0) is 74.1 Å². The van der Waals surface area contributed by atoms with Gasteiger partial charge in [0.2, 0.25) is 0 Å². The summed E-state index contributed by atoms with van der Waals surface area (Å²) in [4.78, 5) is 11.0. The number of nitro groups is 1. The zero-order valence-corrected chi connectivity index (χ0v) is 19.0.